The van der Waals surface area contributed by atoms with Gasteiger partial charge in [0.15, 0.2) is 0 Å². The van der Waals surface area contributed by atoms with E-state index in [0.717, 1.165) is 9.54 Å². The third kappa shape index (κ3) is 6.40. The third-order valence-electron chi connectivity index (χ3n) is 1.89. The summed E-state index contributed by atoms with van der Waals surface area (Å²) in [4.78, 5) is 22.0. The first-order chi connectivity index (χ1) is 9.02. The van der Waals surface area contributed by atoms with E-state index in [9.17, 15) is 9.59 Å². The lowest BCUT2D eigenvalue weighted by atomic mass is 10.3. The number of nitrogens with one attached hydrogen (secondary N) is 1. The number of halogens is 2. The van der Waals surface area contributed by atoms with Crippen LogP contribution < -0.4 is 5.32 Å². The molecule has 0 fully saturated rings. The Morgan fingerprint density at radius 2 is 2.11 bits per heavy atom. The summed E-state index contributed by atoms with van der Waals surface area (Å²) in [6.07, 6.45) is 0.155. The summed E-state index contributed by atoms with van der Waals surface area (Å²) in [5, 5.41) is 13.4. The zero-order chi connectivity index (χ0) is 14.3. The summed E-state index contributed by atoms with van der Waals surface area (Å²) in [5.41, 5.74) is 0.474. The van der Waals surface area contributed by atoms with Crippen LogP contribution in [0, 0.1) is 0 Å². The van der Waals surface area contributed by atoms with Crippen LogP contribution in [0.2, 0.25) is 5.02 Å². The number of carbonyl (C=O) groups is 2. The average Bonchev–Trinajstić information content (AvgIpc) is 2.68. The minimum Gasteiger partial charge on any atom is -0.481 e. The fourth-order valence-electron chi connectivity index (χ4n) is 1.02. The zero-order valence-corrected chi connectivity index (χ0v) is 14.4. The van der Waals surface area contributed by atoms with Crippen molar-refractivity contribution in [2.24, 2.45) is 0 Å². The maximum atomic E-state index is 11.8. The largest absolute Gasteiger partial charge is 0.481 e. The summed E-state index contributed by atoms with van der Waals surface area (Å²) in [5.74, 6) is 0.304. The van der Waals surface area contributed by atoms with Gasteiger partial charge in [-0.25, -0.2) is 0 Å². The van der Waals surface area contributed by atoms with Gasteiger partial charge in [-0.05, 0) is 15.9 Å². The van der Waals surface area contributed by atoms with Gasteiger partial charge >= 0.3 is 5.97 Å². The number of hydrogen-bond acceptors (Lipinski definition) is 5. The molecule has 0 aliphatic rings. The SMILES string of the molecule is O=C(O)CCSSCCNC(=O)c1csc(Br)c1Cl. The second kappa shape index (κ2) is 9.12. The van der Waals surface area contributed by atoms with E-state index in [1.54, 1.807) is 16.2 Å². The summed E-state index contributed by atoms with van der Waals surface area (Å²) in [7, 11) is 3.03. The first kappa shape index (κ1) is 17.2. The average molecular weight is 405 g/mol. The maximum Gasteiger partial charge on any atom is 0.304 e. The van der Waals surface area contributed by atoms with Gasteiger partial charge in [-0.15, -0.1) is 11.3 Å². The molecule has 0 aliphatic heterocycles. The number of carboxylic acids is 1. The van der Waals surface area contributed by atoms with Gasteiger partial charge in [0, 0.05) is 23.4 Å². The number of carboxylic acid groups (broad SMARTS) is 1. The van der Waals surface area contributed by atoms with Crippen LogP contribution in [0.5, 0.6) is 0 Å². The number of thiophene rings is 1. The molecule has 1 aromatic heterocycles. The van der Waals surface area contributed by atoms with Crippen molar-refractivity contribution >= 4 is 72.3 Å². The molecule has 0 saturated carbocycles. The van der Waals surface area contributed by atoms with E-state index in [0.29, 0.717) is 22.9 Å². The molecule has 1 rings (SSSR count). The molecular formula is C10H11BrClNO3S3. The van der Waals surface area contributed by atoms with Crippen LogP contribution >= 0.6 is 60.5 Å². The summed E-state index contributed by atoms with van der Waals surface area (Å²) >= 11 is 10.6. The standard InChI is InChI=1S/C10H11BrClNO3S3/c11-9-8(12)6(5-17-9)10(16)13-2-4-19-18-3-1-7(14)15/h5H,1-4H2,(H,13,16)(H,14,15). The van der Waals surface area contributed by atoms with Crippen molar-refractivity contribution in [3.8, 4) is 0 Å². The molecule has 0 unspecified atom stereocenters. The van der Waals surface area contributed by atoms with Crippen molar-refractivity contribution in [3.05, 3.63) is 19.8 Å². The van der Waals surface area contributed by atoms with E-state index in [2.05, 4.69) is 21.2 Å². The summed E-state index contributed by atoms with van der Waals surface area (Å²) in [6, 6.07) is 0. The second-order valence-corrected chi connectivity index (χ2v) is 8.56. The smallest absolute Gasteiger partial charge is 0.304 e. The topological polar surface area (TPSA) is 66.4 Å². The molecule has 1 heterocycles. The van der Waals surface area contributed by atoms with E-state index in [1.807, 2.05) is 0 Å². The van der Waals surface area contributed by atoms with Crippen molar-refractivity contribution in [1.29, 1.82) is 0 Å². The summed E-state index contributed by atoms with van der Waals surface area (Å²) in [6.45, 7) is 0.521. The van der Waals surface area contributed by atoms with E-state index in [4.69, 9.17) is 16.7 Å². The predicted octanol–water partition coefficient (Wildman–Crippen LogP) is 3.75. The Kier molecular flexibility index (Phi) is 8.24. The van der Waals surface area contributed by atoms with Gasteiger partial charge in [0.05, 0.1) is 20.8 Å². The third-order valence-corrected chi connectivity index (χ3v) is 6.75. The molecule has 0 spiro atoms. The Balaban J connectivity index is 2.14. The first-order valence-electron chi connectivity index (χ1n) is 5.19. The Morgan fingerprint density at radius 1 is 1.42 bits per heavy atom. The molecule has 0 bridgehead atoms. The van der Waals surface area contributed by atoms with E-state index < -0.39 is 5.97 Å². The second-order valence-electron chi connectivity index (χ2n) is 3.28. The molecule has 0 saturated heterocycles. The van der Waals surface area contributed by atoms with E-state index in [1.165, 1.54) is 22.1 Å². The summed E-state index contributed by atoms with van der Waals surface area (Å²) < 4.78 is 0.748. The Hall–Kier alpha value is 0.110. The number of rotatable bonds is 8. The maximum absolute atomic E-state index is 11.8. The lowest BCUT2D eigenvalue weighted by Gasteiger charge is -2.03. The fraction of sp³-hybridized carbons (Fsp3) is 0.400. The van der Waals surface area contributed by atoms with Crippen molar-refractivity contribution in [2.45, 2.75) is 6.42 Å². The van der Waals surface area contributed by atoms with Crippen molar-refractivity contribution < 1.29 is 14.7 Å². The van der Waals surface area contributed by atoms with Crippen LogP contribution in [0.15, 0.2) is 9.17 Å². The van der Waals surface area contributed by atoms with Crippen molar-refractivity contribution in [1.82, 2.24) is 5.32 Å². The number of amides is 1. The van der Waals surface area contributed by atoms with Crippen molar-refractivity contribution in [2.75, 3.05) is 18.1 Å². The number of hydrogen-bond donors (Lipinski definition) is 2. The highest BCUT2D eigenvalue weighted by atomic mass is 79.9. The van der Waals surface area contributed by atoms with Gasteiger partial charge in [0.25, 0.3) is 5.91 Å². The fourth-order valence-corrected chi connectivity index (χ4v) is 4.40. The van der Waals surface area contributed by atoms with Gasteiger partial charge in [-0.3, -0.25) is 9.59 Å². The molecular weight excluding hydrogens is 394 g/mol. The first-order valence-corrected chi connectivity index (χ1v) is 9.73. The molecule has 2 N–H and O–H groups in total. The van der Waals surface area contributed by atoms with Crippen LogP contribution in [-0.2, 0) is 4.79 Å². The molecule has 4 nitrogen and oxygen atoms in total. The highest BCUT2D eigenvalue weighted by Crippen LogP contribution is 2.32. The van der Waals surface area contributed by atoms with Gasteiger partial charge in [-0.1, -0.05) is 33.2 Å². The normalized spacial score (nSPS) is 10.4. The molecule has 0 aliphatic carbocycles. The highest BCUT2D eigenvalue weighted by molar-refractivity contribution is 9.11. The highest BCUT2D eigenvalue weighted by Gasteiger charge is 2.14. The molecule has 1 amide bonds. The lowest BCUT2D eigenvalue weighted by Crippen LogP contribution is -2.25. The van der Waals surface area contributed by atoms with E-state index in [-0.39, 0.29) is 12.3 Å². The van der Waals surface area contributed by atoms with Gasteiger partial charge in [0.2, 0.25) is 0 Å². The molecule has 0 aromatic carbocycles. The van der Waals surface area contributed by atoms with Crippen LogP contribution in [0.1, 0.15) is 16.8 Å². The quantitative estimate of drug-likeness (QED) is 0.510. The van der Waals surface area contributed by atoms with E-state index >= 15 is 0 Å². The van der Waals surface area contributed by atoms with Gasteiger partial charge in [0.1, 0.15) is 0 Å². The lowest BCUT2D eigenvalue weighted by molar-refractivity contribution is -0.136. The molecule has 1 aromatic rings. The van der Waals surface area contributed by atoms with Crippen LogP contribution in [0.4, 0.5) is 0 Å². The molecule has 106 valence electrons. The molecule has 19 heavy (non-hydrogen) atoms. The van der Waals surface area contributed by atoms with Gasteiger partial charge in [-0.2, -0.15) is 0 Å². The van der Waals surface area contributed by atoms with Crippen LogP contribution in [0.25, 0.3) is 0 Å². The number of aliphatic carboxylic acids is 1. The van der Waals surface area contributed by atoms with Crippen molar-refractivity contribution in [3.63, 3.8) is 0 Å². The monoisotopic (exact) mass is 403 g/mol. The Morgan fingerprint density at radius 3 is 2.68 bits per heavy atom. The molecule has 9 heteroatoms. The Bertz CT molecular complexity index is 455. The molecule has 0 radical (unpaired) electrons. The number of carbonyl (C=O) groups excluding carboxylic acids is 1. The predicted molar refractivity (Wildman–Crippen MR) is 86.5 cm³/mol. The van der Waals surface area contributed by atoms with Crippen LogP contribution in [-0.4, -0.2) is 35.0 Å². The minimum absolute atomic E-state index is 0.155. The van der Waals surface area contributed by atoms with Gasteiger partial charge < -0.3 is 10.4 Å². The van der Waals surface area contributed by atoms with Crippen LogP contribution in [0.3, 0.4) is 0 Å². The zero-order valence-electron chi connectivity index (χ0n) is 9.65. The Labute approximate surface area is 136 Å². The minimum atomic E-state index is -0.793. The molecule has 0 atom stereocenters.